The smallest absolute Gasteiger partial charge is 0.0629 e. The fourth-order valence-electron chi connectivity index (χ4n) is 1.43. The predicted molar refractivity (Wildman–Crippen MR) is 79.1 cm³/mol. The molecule has 0 atom stereocenters. The Hall–Kier alpha value is -0.0200. The zero-order chi connectivity index (χ0) is 12.3. The van der Waals surface area contributed by atoms with Crippen LogP contribution >= 0.6 is 31.9 Å². The topological polar surface area (TPSA) is 12.0 Å². The molecule has 1 N–H and O–H groups in total. The van der Waals surface area contributed by atoms with Crippen LogP contribution in [0, 0.1) is 12.3 Å². The molecule has 0 radical (unpaired) electrons. The average molecular weight is 349 g/mol. The molecule has 1 rings (SSSR count). The normalized spacial score (nSPS) is 11.6. The van der Waals surface area contributed by atoms with E-state index in [0.29, 0.717) is 5.41 Å². The summed E-state index contributed by atoms with van der Waals surface area (Å²) in [5.41, 5.74) is 2.77. The van der Waals surface area contributed by atoms with E-state index in [4.69, 9.17) is 0 Å². The molecule has 0 aliphatic heterocycles. The Morgan fingerprint density at radius 2 is 1.62 bits per heavy atom. The van der Waals surface area contributed by atoms with E-state index < -0.39 is 0 Å². The quantitative estimate of drug-likeness (QED) is 0.774. The minimum atomic E-state index is 0.372. The first-order chi connectivity index (χ1) is 7.29. The van der Waals surface area contributed by atoms with Crippen LogP contribution in [0.15, 0.2) is 21.1 Å². The summed E-state index contributed by atoms with van der Waals surface area (Å²) in [4.78, 5) is 0. The maximum atomic E-state index is 3.59. The van der Waals surface area contributed by atoms with Crippen LogP contribution in [0.2, 0.25) is 0 Å². The first-order valence-corrected chi connectivity index (χ1v) is 7.08. The van der Waals surface area contributed by atoms with Gasteiger partial charge in [0.2, 0.25) is 0 Å². The van der Waals surface area contributed by atoms with E-state index in [0.717, 1.165) is 27.6 Å². The molecule has 0 unspecified atom stereocenters. The van der Waals surface area contributed by atoms with Gasteiger partial charge in [-0.1, -0.05) is 20.8 Å². The van der Waals surface area contributed by atoms with Crippen LogP contribution in [0.4, 0.5) is 5.69 Å². The van der Waals surface area contributed by atoms with Gasteiger partial charge in [-0.15, -0.1) is 0 Å². The fraction of sp³-hybridized carbons (Fsp3) is 0.538. The lowest BCUT2D eigenvalue weighted by Crippen LogP contribution is -2.13. The van der Waals surface area contributed by atoms with E-state index in [1.165, 1.54) is 5.56 Å². The van der Waals surface area contributed by atoms with E-state index in [2.05, 4.69) is 77.0 Å². The van der Waals surface area contributed by atoms with Gasteiger partial charge in [0.25, 0.3) is 0 Å². The molecule has 3 heteroatoms. The molecule has 0 bridgehead atoms. The molecule has 0 saturated carbocycles. The monoisotopic (exact) mass is 347 g/mol. The second-order valence-electron chi connectivity index (χ2n) is 5.34. The van der Waals surface area contributed by atoms with E-state index in [-0.39, 0.29) is 0 Å². The summed E-state index contributed by atoms with van der Waals surface area (Å²) in [5, 5.41) is 3.47. The first kappa shape index (κ1) is 14.0. The van der Waals surface area contributed by atoms with Crippen molar-refractivity contribution in [2.75, 3.05) is 11.9 Å². The number of aryl methyl sites for hydroxylation is 1. The molecule has 0 aliphatic rings. The maximum Gasteiger partial charge on any atom is 0.0629 e. The summed E-state index contributed by atoms with van der Waals surface area (Å²) >= 11 is 7.17. The predicted octanol–water partition coefficient (Wildman–Crippen LogP) is 5.37. The molecule has 1 aromatic carbocycles. The molecule has 0 amide bonds. The number of benzene rings is 1. The number of nitrogens with one attached hydrogen (secondary N) is 1. The Morgan fingerprint density at radius 1 is 1.12 bits per heavy atom. The molecule has 0 saturated heterocycles. The minimum absolute atomic E-state index is 0.372. The highest BCUT2D eigenvalue weighted by atomic mass is 79.9. The molecule has 1 aromatic rings. The van der Waals surface area contributed by atoms with Crippen molar-refractivity contribution in [2.45, 2.75) is 34.1 Å². The molecule has 0 aromatic heterocycles. The third-order valence-electron chi connectivity index (χ3n) is 2.36. The molecular formula is C13H19Br2N. The van der Waals surface area contributed by atoms with Gasteiger partial charge in [0.1, 0.15) is 0 Å². The summed E-state index contributed by atoms with van der Waals surface area (Å²) in [6.07, 6.45) is 1.15. The summed E-state index contributed by atoms with van der Waals surface area (Å²) in [7, 11) is 0. The van der Waals surface area contributed by atoms with Gasteiger partial charge >= 0.3 is 0 Å². The molecule has 1 nitrogen and oxygen atoms in total. The zero-order valence-corrected chi connectivity index (χ0v) is 13.5. The number of hydrogen-bond donors (Lipinski definition) is 1. The van der Waals surface area contributed by atoms with Crippen molar-refractivity contribution >= 4 is 37.5 Å². The fourth-order valence-corrected chi connectivity index (χ4v) is 3.13. The maximum absolute atomic E-state index is 3.59. The van der Waals surface area contributed by atoms with Crippen molar-refractivity contribution in [2.24, 2.45) is 5.41 Å². The Bertz CT molecular complexity index is 344. The second kappa shape index (κ2) is 5.54. The van der Waals surface area contributed by atoms with Gasteiger partial charge < -0.3 is 5.32 Å². The largest absolute Gasteiger partial charge is 0.383 e. The highest BCUT2D eigenvalue weighted by Gasteiger charge is 2.11. The third kappa shape index (κ3) is 4.46. The Kier molecular flexibility index (Phi) is 4.87. The average Bonchev–Trinajstić information content (AvgIpc) is 2.07. The van der Waals surface area contributed by atoms with Crippen LogP contribution in [0.5, 0.6) is 0 Å². The molecule has 0 spiro atoms. The summed E-state index contributed by atoms with van der Waals surface area (Å²) < 4.78 is 2.24. The number of halogens is 2. The van der Waals surface area contributed by atoms with Crippen LogP contribution in [0.1, 0.15) is 32.8 Å². The standard InChI is InChI=1S/C13H19Br2N/c1-9-7-10(14)12(11(15)8-9)16-6-5-13(2,3)4/h7-8,16H,5-6H2,1-4H3. The van der Waals surface area contributed by atoms with E-state index in [9.17, 15) is 0 Å². The van der Waals surface area contributed by atoms with Gasteiger partial charge in [-0.3, -0.25) is 0 Å². The van der Waals surface area contributed by atoms with E-state index in [1.807, 2.05) is 0 Å². The van der Waals surface area contributed by atoms with Gasteiger partial charge in [0.05, 0.1) is 5.69 Å². The van der Waals surface area contributed by atoms with Crippen molar-refractivity contribution in [3.05, 3.63) is 26.6 Å². The zero-order valence-electron chi connectivity index (χ0n) is 10.3. The SMILES string of the molecule is Cc1cc(Br)c(NCCC(C)(C)C)c(Br)c1. The third-order valence-corrected chi connectivity index (χ3v) is 3.61. The Morgan fingerprint density at radius 3 is 2.06 bits per heavy atom. The van der Waals surface area contributed by atoms with Crippen LogP contribution in [0.25, 0.3) is 0 Å². The lowest BCUT2D eigenvalue weighted by Gasteiger charge is -2.19. The van der Waals surface area contributed by atoms with Gasteiger partial charge in [-0.05, 0) is 68.3 Å². The highest BCUT2D eigenvalue weighted by molar-refractivity contribution is 9.11. The molecular weight excluding hydrogens is 330 g/mol. The number of rotatable bonds is 3. The van der Waals surface area contributed by atoms with Crippen molar-refractivity contribution in [3.63, 3.8) is 0 Å². The van der Waals surface area contributed by atoms with Gasteiger partial charge in [-0.25, -0.2) is 0 Å². The number of hydrogen-bond acceptors (Lipinski definition) is 1. The van der Waals surface area contributed by atoms with Crippen molar-refractivity contribution in [3.8, 4) is 0 Å². The van der Waals surface area contributed by atoms with Crippen molar-refractivity contribution in [1.29, 1.82) is 0 Å². The number of anilines is 1. The lowest BCUT2D eigenvalue weighted by atomic mass is 9.92. The molecule has 0 heterocycles. The first-order valence-electron chi connectivity index (χ1n) is 5.49. The Labute approximate surface area is 115 Å². The van der Waals surface area contributed by atoms with Crippen LogP contribution in [-0.2, 0) is 0 Å². The molecule has 16 heavy (non-hydrogen) atoms. The van der Waals surface area contributed by atoms with Crippen molar-refractivity contribution in [1.82, 2.24) is 0 Å². The lowest BCUT2D eigenvalue weighted by molar-refractivity contribution is 0.390. The second-order valence-corrected chi connectivity index (χ2v) is 7.05. The summed E-state index contributed by atoms with van der Waals surface area (Å²) in [6.45, 7) is 9.86. The van der Waals surface area contributed by atoms with Crippen LogP contribution < -0.4 is 5.32 Å². The summed E-state index contributed by atoms with van der Waals surface area (Å²) in [5.74, 6) is 0. The van der Waals surface area contributed by atoms with Gasteiger partial charge in [0, 0.05) is 15.5 Å². The highest BCUT2D eigenvalue weighted by Crippen LogP contribution is 2.32. The molecule has 0 fully saturated rings. The molecule has 0 aliphatic carbocycles. The van der Waals surface area contributed by atoms with Gasteiger partial charge in [0.15, 0.2) is 0 Å². The molecule has 90 valence electrons. The van der Waals surface area contributed by atoms with Crippen LogP contribution in [0.3, 0.4) is 0 Å². The summed E-state index contributed by atoms with van der Waals surface area (Å²) in [6, 6.07) is 4.26. The minimum Gasteiger partial charge on any atom is -0.383 e. The Balaban J connectivity index is 2.68. The van der Waals surface area contributed by atoms with E-state index in [1.54, 1.807) is 0 Å². The van der Waals surface area contributed by atoms with E-state index >= 15 is 0 Å². The van der Waals surface area contributed by atoms with Gasteiger partial charge in [-0.2, -0.15) is 0 Å². The van der Waals surface area contributed by atoms with Crippen molar-refractivity contribution < 1.29 is 0 Å². The van der Waals surface area contributed by atoms with Crippen LogP contribution in [-0.4, -0.2) is 6.54 Å².